The first-order valence-corrected chi connectivity index (χ1v) is 7.10. The van der Waals surface area contributed by atoms with E-state index in [1.807, 2.05) is 31.2 Å². The van der Waals surface area contributed by atoms with Crippen molar-refractivity contribution in [3.05, 3.63) is 35.5 Å². The molecule has 1 aromatic carbocycles. The van der Waals surface area contributed by atoms with Crippen molar-refractivity contribution in [3.63, 3.8) is 0 Å². The number of nitrogen functional groups attached to an aromatic ring is 1. The van der Waals surface area contributed by atoms with Crippen molar-refractivity contribution in [2.24, 2.45) is 0 Å². The van der Waals surface area contributed by atoms with Crippen molar-refractivity contribution in [2.45, 2.75) is 12.1 Å². The van der Waals surface area contributed by atoms with Crippen LogP contribution >= 0.6 is 11.8 Å². The number of hydrogen-bond donors (Lipinski definition) is 3. The molecule has 7 heteroatoms. The molecule has 0 atom stereocenters. The molecule has 0 aliphatic carbocycles. The number of nitrogens with zero attached hydrogens (tertiary/aromatic N) is 1. The summed E-state index contributed by atoms with van der Waals surface area (Å²) in [7, 11) is 0. The van der Waals surface area contributed by atoms with E-state index in [4.69, 9.17) is 5.73 Å². The predicted molar refractivity (Wildman–Crippen MR) is 77.6 cm³/mol. The minimum Gasteiger partial charge on any atom is -0.358 e. The molecule has 20 heavy (non-hydrogen) atoms. The van der Waals surface area contributed by atoms with Gasteiger partial charge in [-0.2, -0.15) is 0 Å². The van der Waals surface area contributed by atoms with Crippen LogP contribution in [0.5, 0.6) is 0 Å². The minimum absolute atomic E-state index is 0.0694. The third-order valence-electron chi connectivity index (χ3n) is 3.03. The van der Waals surface area contributed by atoms with Crippen LogP contribution in [0, 0.1) is 6.92 Å². The van der Waals surface area contributed by atoms with Crippen LogP contribution in [0.4, 0.5) is 5.95 Å². The maximum atomic E-state index is 12.4. The summed E-state index contributed by atoms with van der Waals surface area (Å²) in [4.78, 5) is 18.5. The number of carbonyl (C=O) groups is 1. The number of nitrogens with one attached hydrogen (secondary N) is 3. The first kappa shape index (κ1) is 12.7. The van der Waals surface area contributed by atoms with Crippen LogP contribution < -0.4 is 10.7 Å². The van der Waals surface area contributed by atoms with Gasteiger partial charge in [0.2, 0.25) is 0 Å². The highest BCUT2D eigenvalue weighted by molar-refractivity contribution is 7.99. The van der Waals surface area contributed by atoms with E-state index in [-0.39, 0.29) is 5.78 Å². The molecule has 0 saturated carbocycles. The SMILES string of the molecule is Cc1[nH]c2ccccc2c1C(=O)CSc1n[nH]c(N)[nH+]1. The number of carbonyl (C=O) groups excluding carboxylic acids is 1. The lowest BCUT2D eigenvalue weighted by Crippen LogP contribution is -2.10. The molecule has 102 valence electrons. The number of hydrogen-bond acceptors (Lipinski definition) is 4. The quantitative estimate of drug-likeness (QED) is 0.501. The lowest BCUT2D eigenvalue weighted by atomic mass is 10.1. The third-order valence-corrected chi connectivity index (χ3v) is 3.91. The maximum Gasteiger partial charge on any atom is 0.338 e. The summed E-state index contributed by atoms with van der Waals surface area (Å²) in [6, 6.07) is 7.80. The van der Waals surface area contributed by atoms with Gasteiger partial charge in [-0.3, -0.25) is 4.79 Å². The Hall–Kier alpha value is -2.28. The number of rotatable bonds is 4. The summed E-state index contributed by atoms with van der Waals surface area (Å²) in [6.07, 6.45) is 0. The van der Waals surface area contributed by atoms with E-state index < -0.39 is 0 Å². The molecular weight excluding hydrogens is 274 g/mol. The van der Waals surface area contributed by atoms with Crippen molar-refractivity contribution < 1.29 is 9.78 Å². The summed E-state index contributed by atoms with van der Waals surface area (Å²) in [5.41, 5.74) is 8.12. The fourth-order valence-corrected chi connectivity index (χ4v) is 2.90. The average molecular weight is 288 g/mol. The van der Waals surface area contributed by atoms with E-state index in [1.165, 1.54) is 11.8 Å². The Morgan fingerprint density at radius 1 is 1.45 bits per heavy atom. The number of benzene rings is 1. The molecule has 0 fully saturated rings. The Labute approximate surface area is 119 Å². The van der Waals surface area contributed by atoms with Crippen molar-refractivity contribution >= 4 is 34.4 Å². The first-order chi connectivity index (χ1) is 9.65. The Balaban J connectivity index is 1.83. The van der Waals surface area contributed by atoms with E-state index in [0.717, 1.165) is 22.2 Å². The topological polar surface area (TPSA) is 102 Å². The van der Waals surface area contributed by atoms with Gasteiger partial charge in [-0.15, -0.1) is 5.10 Å². The van der Waals surface area contributed by atoms with E-state index in [9.17, 15) is 4.79 Å². The standard InChI is InChI=1S/C13H13N5OS/c1-7-11(8-4-2-3-5-9(8)15-7)10(19)6-20-13-16-12(14)17-18-13/h2-5,15H,6H2,1H3,(H3,14,16,17,18)/p+1. The number of aromatic nitrogens is 4. The molecule has 2 heterocycles. The van der Waals surface area contributed by atoms with Gasteiger partial charge >= 0.3 is 5.95 Å². The van der Waals surface area contributed by atoms with E-state index >= 15 is 0 Å². The van der Waals surface area contributed by atoms with Crippen molar-refractivity contribution in [2.75, 3.05) is 11.5 Å². The van der Waals surface area contributed by atoms with Crippen LogP contribution in [0.2, 0.25) is 0 Å². The summed E-state index contributed by atoms with van der Waals surface area (Å²) >= 11 is 1.32. The molecule has 2 aromatic heterocycles. The van der Waals surface area contributed by atoms with Gasteiger partial charge in [-0.05, 0) is 13.0 Å². The number of thioether (sulfide) groups is 1. The summed E-state index contributed by atoms with van der Waals surface area (Å²) in [6.45, 7) is 1.91. The molecule has 0 aliphatic heterocycles. The molecule has 5 N–H and O–H groups in total. The van der Waals surface area contributed by atoms with Gasteiger partial charge in [-0.1, -0.05) is 30.0 Å². The Morgan fingerprint density at radius 2 is 2.25 bits per heavy atom. The molecule has 3 rings (SSSR count). The zero-order chi connectivity index (χ0) is 14.1. The van der Waals surface area contributed by atoms with Crippen molar-refractivity contribution in [3.8, 4) is 0 Å². The summed E-state index contributed by atoms with van der Waals surface area (Å²) < 4.78 is 0. The largest absolute Gasteiger partial charge is 0.358 e. The van der Waals surface area contributed by atoms with Gasteiger partial charge in [0.1, 0.15) is 0 Å². The average Bonchev–Trinajstić information content (AvgIpc) is 2.98. The number of H-pyrrole nitrogens is 3. The summed E-state index contributed by atoms with van der Waals surface area (Å²) in [5.74, 6) is 0.756. The number of Topliss-reactive ketones (excluding diaryl/α,β-unsaturated/α-hetero) is 1. The lowest BCUT2D eigenvalue weighted by Gasteiger charge is -1.98. The summed E-state index contributed by atoms with van der Waals surface area (Å²) in [5, 5.41) is 8.12. The predicted octanol–water partition coefficient (Wildman–Crippen LogP) is 1.57. The molecule has 0 spiro atoms. The molecule has 6 nitrogen and oxygen atoms in total. The lowest BCUT2D eigenvalue weighted by molar-refractivity contribution is -0.410. The second kappa shape index (κ2) is 5.01. The Bertz CT molecular complexity index is 776. The van der Waals surface area contributed by atoms with Crippen LogP contribution in [0.15, 0.2) is 29.4 Å². The molecule has 0 unspecified atom stereocenters. The van der Waals surface area contributed by atoms with Crippen LogP contribution in [-0.2, 0) is 0 Å². The number of para-hydroxylation sites is 1. The molecule has 3 aromatic rings. The minimum atomic E-state index is 0.0694. The monoisotopic (exact) mass is 288 g/mol. The van der Waals surface area contributed by atoms with Gasteiger partial charge in [0, 0.05) is 27.3 Å². The van der Waals surface area contributed by atoms with Gasteiger partial charge in [0.25, 0.3) is 5.16 Å². The van der Waals surface area contributed by atoms with Crippen molar-refractivity contribution in [1.82, 2.24) is 15.2 Å². The van der Waals surface area contributed by atoms with Gasteiger partial charge in [-0.25, -0.2) is 4.98 Å². The second-order valence-electron chi connectivity index (χ2n) is 4.45. The highest BCUT2D eigenvalue weighted by atomic mass is 32.2. The molecular formula is C13H14N5OS+. The maximum absolute atomic E-state index is 12.4. The second-order valence-corrected chi connectivity index (χ2v) is 5.41. The van der Waals surface area contributed by atoms with E-state index in [1.54, 1.807) is 0 Å². The number of fused-ring (bicyclic) bond motifs is 1. The highest BCUT2D eigenvalue weighted by Crippen LogP contribution is 2.24. The zero-order valence-corrected chi connectivity index (χ0v) is 11.7. The van der Waals surface area contributed by atoms with Crippen LogP contribution in [0.1, 0.15) is 16.1 Å². The van der Waals surface area contributed by atoms with E-state index in [0.29, 0.717) is 16.9 Å². The van der Waals surface area contributed by atoms with Crippen LogP contribution in [0.3, 0.4) is 0 Å². The van der Waals surface area contributed by atoms with Gasteiger partial charge in [0.05, 0.1) is 5.75 Å². The van der Waals surface area contributed by atoms with Crippen LogP contribution in [-0.4, -0.2) is 26.7 Å². The zero-order valence-electron chi connectivity index (χ0n) is 10.9. The molecule has 0 bridgehead atoms. The smallest absolute Gasteiger partial charge is 0.338 e. The number of nitrogens with two attached hydrogens (primary N) is 1. The third kappa shape index (κ3) is 2.27. The molecule has 0 saturated heterocycles. The highest BCUT2D eigenvalue weighted by Gasteiger charge is 2.17. The first-order valence-electron chi connectivity index (χ1n) is 6.11. The number of aryl methyl sites for hydroxylation is 1. The number of aromatic amines is 3. The van der Waals surface area contributed by atoms with Gasteiger partial charge < -0.3 is 10.7 Å². The normalized spacial score (nSPS) is 11.1. The fourth-order valence-electron chi connectivity index (χ4n) is 2.19. The van der Waals surface area contributed by atoms with Gasteiger partial charge in [0.15, 0.2) is 5.78 Å². The van der Waals surface area contributed by atoms with E-state index in [2.05, 4.69) is 20.2 Å². The Kier molecular flexibility index (Phi) is 3.19. The fraction of sp³-hybridized carbons (Fsp3) is 0.154. The molecule has 0 radical (unpaired) electrons. The molecule has 0 amide bonds. The molecule has 0 aliphatic rings. The number of anilines is 1. The number of ketones is 1. The van der Waals surface area contributed by atoms with Crippen LogP contribution in [0.25, 0.3) is 10.9 Å². The van der Waals surface area contributed by atoms with Crippen molar-refractivity contribution in [1.29, 1.82) is 0 Å². The Morgan fingerprint density at radius 3 is 3.00 bits per heavy atom.